The van der Waals surface area contributed by atoms with E-state index in [2.05, 4.69) is 11.9 Å². The second kappa shape index (κ2) is 5.83. The van der Waals surface area contributed by atoms with Gasteiger partial charge in [-0.1, -0.05) is 12.1 Å². The second-order valence-corrected chi connectivity index (χ2v) is 3.70. The molecule has 1 rings (SSSR count). The molecule has 0 spiro atoms. The number of aliphatic carboxylic acids is 1. The third-order valence-corrected chi connectivity index (χ3v) is 2.35. The standard InChI is InChI=1S/C12H11F4NO2/c1-2-5-17-10(11(18)19)8-4-3-7(13)6-9(8)12(14,15)16/h2-4,6,10,17H,1,5H2,(H,18,19). The zero-order valence-corrected chi connectivity index (χ0v) is 9.67. The van der Waals surface area contributed by atoms with E-state index >= 15 is 0 Å². The van der Waals surface area contributed by atoms with Gasteiger partial charge in [0.1, 0.15) is 11.9 Å². The first-order valence-corrected chi connectivity index (χ1v) is 5.21. The summed E-state index contributed by atoms with van der Waals surface area (Å²) in [5.74, 6) is -2.57. The van der Waals surface area contributed by atoms with E-state index in [1.54, 1.807) is 0 Å². The fraction of sp³-hybridized carbons (Fsp3) is 0.250. The Bertz CT molecular complexity index is 485. The number of hydrogen-bond acceptors (Lipinski definition) is 2. The van der Waals surface area contributed by atoms with Crippen molar-refractivity contribution in [3.63, 3.8) is 0 Å². The predicted molar refractivity (Wildman–Crippen MR) is 60.0 cm³/mol. The first-order valence-electron chi connectivity index (χ1n) is 5.21. The van der Waals surface area contributed by atoms with Crippen molar-refractivity contribution in [1.29, 1.82) is 0 Å². The fourth-order valence-electron chi connectivity index (χ4n) is 1.56. The maximum Gasteiger partial charge on any atom is 0.416 e. The van der Waals surface area contributed by atoms with Crippen LogP contribution in [0.1, 0.15) is 17.2 Å². The molecule has 3 nitrogen and oxygen atoms in total. The quantitative estimate of drug-likeness (QED) is 0.642. The minimum atomic E-state index is -4.83. The van der Waals surface area contributed by atoms with Gasteiger partial charge in [0.2, 0.25) is 0 Å². The van der Waals surface area contributed by atoms with E-state index in [-0.39, 0.29) is 12.6 Å². The molecule has 0 fully saturated rings. The Morgan fingerprint density at radius 2 is 2.11 bits per heavy atom. The summed E-state index contributed by atoms with van der Waals surface area (Å²) in [6.45, 7) is 3.34. The Hall–Kier alpha value is -1.89. The van der Waals surface area contributed by atoms with Crippen LogP contribution in [0.5, 0.6) is 0 Å². The summed E-state index contributed by atoms with van der Waals surface area (Å²) in [5, 5.41) is 11.3. The zero-order chi connectivity index (χ0) is 14.6. The van der Waals surface area contributed by atoms with E-state index < -0.39 is 35.1 Å². The topological polar surface area (TPSA) is 49.3 Å². The van der Waals surface area contributed by atoms with Crippen LogP contribution in [0, 0.1) is 5.82 Å². The molecule has 0 heterocycles. The van der Waals surface area contributed by atoms with E-state index in [9.17, 15) is 22.4 Å². The summed E-state index contributed by atoms with van der Waals surface area (Å²) in [5.41, 5.74) is -1.85. The van der Waals surface area contributed by atoms with Gasteiger partial charge in [-0.05, 0) is 17.7 Å². The largest absolute Gasteiger partial charge is 0.480 e. The Kier molecular flexibility index (Phi) is 4.66. The minimum absolute atomic E-state index is 0.00560. The Balaban J connectivity index is 3.29. The van der Waals surface area contributed by atoms with Crippen LogP contribution in [0.2, 0.25) is 0 Å². The molecule has 7 heteroatoms. The first kappa shape index (κ1) is 15.2. The van der Waals surface area contributed by atoms with Gasteiger partial charge < -0.3 is 5.11 Å². The SMILES string of the molecule is C=CCNC(C(=O)O)c1ccc(F)cc1C(F)(F)F. The molecule has 19 heavy (non-hydrogen) atoms. The molecule has 1 aromatic carbocycles. The molecule has 0 bridgehead atoms. The molecule has 0 radical (unpaired) electrons. The molecule has 0 amide bonds. The van der Waals surface area contributed by atoms with Gasteiger partial charge in [-0.25, -0.2) is 4.39 Å². The number of carboxylic acids is 1. The Labute approximate surface area is 106 Å². The molecule has 104 valence electrons. The predicted octanol–water partition coefficient (Wildman–Crippen LogP) is 2.75. The van der Waals surface area contributed by atoms with E-state index in [4.69, 9.17) is 5.11 Å². The third-order valence-electron chi connectivity index (χ3n) is 2.35. The van der Waals surface area contributed by atoms with Gasteiger partial charge >= 0.3 is 12.1 Å². The monoisotopic (exact) mass is 277 g/mol. The van der Waals surface area contributed by atoms with E-state index in [0.717, 1.165) is 12.1 Å². The molecule has 1 aromatic rings. The van der Waals surface area contributed by atoms with Gasteiger partial charge in [0, 0.05) is 6.54 Å². The van der Waals surface area contributed by atoms with Crippen LogP contribution in [0.25, 0.3) is 0 Å². The maximum absolute atomic E-state index is 12.9. The van der Waals surface area contributed by atoms with Crippen molar-refractivity contribution in [3.05, 3.63) is 47.8 Å². The molecule has 0 aliphatic carbocycles. The number of nitrogens with one attached hydrogen (secondary N) is 1. The molecular weight excluding hydrogens is 266 g/mol. The van der Waals surface area contributed by atoms with Gasteiger partial charge in [-0.15, -0.1) is 6.58 Å². The highest BCUT2D eigenvalue weighted by atomic mass is 19.4. The summed E-state index contributed by atoms with van der Waals surface area (Å²) in [6.07, 6.45) is -3.52. The molecule has 1 atom stereocenters. The van der Waals surface area contributed by atoms with Crippen molar-refractivity contribution < 1.29 is 27.5 Å². The fourth-order valence-corrected chi connectivity index (χ4v) is 1.56. The maximum atomic E-state index is 12.9. The van der Waals surface area contributed by atoms with Crippen molar-refractivity contribution in [1.82, 2.24) is 5.32 Å². The van der Waals surface area contributed by atoms with Gasteiger partial charge in [-0.3, -0.25) is 10.1 Å². The van der Waals surface area contributed by atoms with Crippen molar-refractivity contribution >= 4 is 5.97 Å². The lowest BCUT2D eigenvalue weighted by atomic mass is 9.99. The number of halogens is 4. The van der Waals surface area contributed by atoms with Gasteiger partial charge in [0.05, 0.1) is 5.56 Å². The molecule has 0 saturated carbocycles. The number of carboxylic acid groups (broad SMARTS) is 1. The number of alkyl halides is 3. The lowest BCUT2D eigenvalue weighted by molar-refractivity contribution is -0.142. The number of benzene rings is 1. The molecule has 0 aromatic heterocycles. The van der Waals surface area contributed by atoms with Crippen molar-refractivity contribution in [3.8, 4) is 0 Å². The van der Waals surface area contributed by atoms with E-state index in [1.807, 2.05) is 0 Å². The van der Waals surface area contributed by atoms with Crippen LogP contribution in [-0.2, 0) is 11.0 Å². The van der Waals surface area contributed by atoms with E-state index in [0.29, 0.717) is 0 Å². The molecule has 0 aliphatic rings. The minimum Gasteiger partial charge on any atom is -0.480 e. The zero-order valence-electron chi connectivity index (χ0n) is 9.67. The number of rotatable bonds is 5. The summed E-state index contributed by atoms with van der Waals surface area (Å²) < 4.78 is 51.2. The van der Waals surface area contributed by atoms with E-state index in [1.165, 1.54) is 6.08 Å². The lowest BCUT2D eigenvalue weighted by Gasteiger charge is -2.19. The molecule has 2 N–H and O–H groups in total. The van der Waals surface area contributed by atoms with Crippen LogP contribution in [0.4, 0.5) is 17.6 Å². The summed E-state index contributed by atoms with van der Waals surface area (Å²) in [6, 6.07) is 0.291. The smallest absolute Gasteiger partial charge is 0.416 e. The Morgan fingerprint density at radius 3 is 2.58 bits per heavy atom. The molecule has 0 aliphatic heterocycles. The highest BCUT2D eigenvalue weighted by Crippen LogP contribution is 2.35. The second-order valence-electron chi connectivity index (χ2n) is 3.70. The molecular formula is C12H11F4NO2. The normalized spacial score (nSPS) is 13.1. The summed E-state index contributed by atoms with van der Waals surface area (Å²) >= 11 is 0. The van der Waals surface area contributed by atoms with Crippen molar-refractivity contribution in [2.75, 3.05) is 6.54 Å². The average Bonchev–Trinajstić information content (AvgIpc) is 2.29. The van der Waals surface area contributed by atoms with Crippen molar-refractivity contribution in [2.24, 2.45) is 0 Å². The van der Waals surface area contributed by atoms with Crippen LogP contribution >= 0.6 is 0 Å². The van der Waals surface area contributed by atoms with Crippen molar-refractivity contribution in [2.45, 2.75) is 12.2 Å². The lowest BCUT2D eigenvalue weighted by Crippen LogP contribution is -2.30. The Morgan fingerprint density at radius 1 is 1.47 bits per heavy atom. The first-order chi connectivity index (χ1) is 8.77. The molecule has 1 unspecified atom stereocenters. The van der Waals surface area contributed by atoms with Crippen LogP contribution in [0.15, 0.2) is 30.9 Å². The van der Waals surface area contributed by atoms with Crippen LogP contribution in [0.3, 0.4) is 0 Å². The van der Waals surface area contributed by atoms with Crippen LogP contribution < -0.4 is 5.32 Å². The van der Waals surface area contributed by atoms with Gasteiger partial charge in [0.15, 0.2) is 0 Å². The number of carbonyl (C=O) groups is 1. The summed E-state index contributed by atoms with van der Waals surface area (Å²) in [7, 11) is 0. The van der Waals surface area contributed by atoms with Gasteiger partial charge in [-0.2, -0.15) is 13.2 Å². The third kappa shape index (κ3) is 3.78. The highest BCUT2D eigenvalue weighted by molar-refractivity contribution is 5.76. The molecule has 0 saturated heterocycles. The van der Waals surface area contributed by atoms with Crippen LogP contribution in [-0.4, -0.2) is 17.6 Å². The average molecular weight is 277 g/mol. The number of hydrogen-bond donors (Lipinski definition) is 2. The summed E-state index contributed by atoms with van der Waals surface area (Å²) in [4.78, 5) is 11.0. The highest BCUT2D eigenvalue weighted by Gasteiger charge is 2.37. The van der Waals surface area contributed by atoms with Gasteiger partial charge in [0.25, 0.3) is 0 Å².